The fourth-order valence-electron chi connectivity index (χ4n) is 1.56. The summed E-state index contributed by atoms with van der Waals surface area (Å²) in [5.41, 5.74) is -0.336. The number of carbonyl (C=O) groups is 1. The Morgan fingerprint density at radius 2 is 2.05 bits per heavy atom. The summed E-state index contributed by atoms with van der Waals surface area (Å²) in [5, 5.41) is 2.94. The van der Waals surface area contributed by atoms with Crippen LogP contribution < -0.4 is 10.9 Å². The summed E-state index contributed by atoms with van der Waals surface area (Å²) in [4.78, 5) is 27.4. The van der Waals surface area contributed by atoms with Gasteiger partial charge in [0.05, 0.1) is 6.61 Å². The van der Waals surface area contributed by atoms with Gasteiger partial charge in [-0.05, 0) is 20.3 Å². The minimum atomic E-state index is -0.442. The van der Waals surface area contributed by atoms with E-state index >= 15 is 0 Å². The number of hydrogen-bond donors (Lipinski definition) is 1. The molecule has 1 rings (SSSR count). The van der Waals surface area contributed by atoms with Crippen molar-refractivity contribution >= 4 is 11.8 Å². The lowest BCUT2D eigenvalue weighted by Gasteiger charge is -2.08. The molecule has 1 N–H and O–H groups in total. The first-order valence-electron chi connectivity index (χ1n) is 7.71. The van der Waals surface area contributed by atoms with Crippen LogP contribution in [0.15, 0.2) is 17.2 Å². The van der Waals surface area contributed by atoms with Crippen molar-refractivity contribution in [3.05, 3.63) is 22.7 Å². The lowest BCUT2D eigenvalue weighted by molar-refractivity contribution is -0.143. The van der Waals surface area contributed by atoms with Crippen LogP contribution in [0.5, 0.6) is 0 Å². The van der Waals surface area contributed by atoms with E-state index in [0.29, 0.717) is 26.4 Å². The number of aromatic nitrogens is 2. The van der Waals surface area contributed by atoms with Crippen molar-refractivity contribution in [3.63, 3.8) is 0 Å². The monoisotopic (exact) mass is 313 g/mol. The summed E-state index contributed by atoms with van der Waals surface area (Å²) in [6.45, 7) is 9.73. The summed E-state index contributed by atoms with van der Waals surface area (Å²) < 4.78 is 11.3. The maximum Gasteiger partial charge on any atom is 0.326 e. The minimum absolute atomic E-state index is 0.108. The van der Waals surface area contributed by atoms with E-state index in [9.17, 15) is 9.59 Å². The minimum Gasteiger partial charge on any atom is -0.465 e. The van der Waals surface area contributed by atoms with Gasteiger partial charge in [0.15, 0.2) is 5.82 Å². The van der Waals surface area contributed by atoms with E-state index in [-0.39, 0.29) is 17.9 Å². The molecule has 0 aliphatic rings. The van der Waals surface area contributed by atoms with Crippen molar-refractivity contribution < 1.29 is 14.3 Å². The van der Waals surface area contributed by atoms with Gasteiger partial charge < -0.3 is 14.8 Å². The first-order chi connectivity index (χ1) is 10.7. The fraction of sp³-hybridized carbons (Fsp3) is 0.667. The van der Waals surface area contributed by atoms with Crippen LogP contribution in [-0.2, 0) is 20.8 Å². The Hall–Kier alpha value is -1.89. The van der Waals surface area contributed by atoms with E-state index in [4.69, 9.17) is 9.47 Å². The van der Waals surface area contributed by atoms with Gasteiger partial charge in [0.25, 0.3) is 5.56 Å². The van der Waals surface area contributed by atoms with Crippen LogP contribution in [0, 0.1) is 0 Å². The van der Waals surface area contributed by atoms with E-state index in [1.807, 2.05) is 20.8 Å². The number of esters is 1. The highest BCUT2D eigenvalue weighted by Crippen LogP contribution is 1.95. The molecule has 0 saturated heterocycles. The molecule has 0 aliphatic carbocycles. The van der Waals surface area contributed by atoms with Gasteiger partial charge in [0, 0.05) is 32.2 Å². The topological polar surface area (TPSA) is 82.4 Å². The Labute approximate surface area is 131 Å². The third-order valence-corrected chi connectivity index (χ3v) is 2.48. The standard InChI is InChI=1S/C13H21N3O4.C2H6/c1-3-19-9-5-6-14-12-13(18)16(8-7-15-12)10-11(17)20-4-2;1-2/h7-8H,3-6,9-10H2,1-2H3,(H,14,15);1-2H3. The van der Waals surface area contributed by atoms with Crippen molar-refractivity contribution in [1.29, 1.82) is 0 Å². The van der Waals surface area contributed by atoms with Crippen molar-refractivity contribution in [2.75, 3.05) is 31.7 Å². The van der Waals surface area contributed by atoms with Crippen LogP contribution in [-0.4, -0.2) is 41.9 Å². The summed E-state index contributed by atoms with van der Waals surface area (Å²) in [5.74, 6) is -0.212. The summed E-state index contributed by atoms with van der Waals surface area (Å²) in [6.07, 6.45) is 3.72. The van der Waals surface area contributed by atoms with Gasteiger partial charge in [-0.3, -0.25) is 14.2 Å². The first-order valence-corrected chi connectivity index (χ1v) is 7.71. The number of nitrogens with one attached hydrogen (secondary N) is 1. The largest absolute Gasteiger partial charge is 0.465 e. The van der Waals surface area contributed by atoms with Crippen LogP contribution in [0.2, 0.25) is 0 Å². The van der Waals surface area contributed by atoms with Crippen molar-refractivity contribution in [2.24, 2.45) is 0 Å². The molecule has 0 aliphatic heterocycles. The van der Waals surface area contributed by atoms with Gasteiger partial charge in [0.1, 0.15) is 6.54 Å². The van der Waals surface area contributed by atoms with Gasteiger partial charge in [-0.25, -0.2) is 4.98 Å². The van der Waals surface area contributed by atoms with Crippen molar-refractivity contribution in [1.82, 2.24) is 9.55 Å². The molecule has 0 saturated carbocycles. The molecule has 0 atom stereocenters. The highest BCUT2D eigenvalue weighted by Gasteiger charge is 2.08. The molecule has 126 valence electrons. The quantitative estimate of drug-likeness (QED) is 0.551. The van der Waals surface area contributed by atoms with E-state index in [1.54, 1.807) is 6.92 Å². The van der Waals surface area contributed by atoms with Crippen LogP contribution >= 0.6 is 0 Å². The Morgan fingerprint density at radius 3 is 2.68 bits per heavy atom. The van der Waals surface area contributed by atoms with Crippen molar-refractivity contribution in [3.8, 4) is 0 Å². The number of rotatable bonds is 9. The number of ether oxygens (including phenoxy) is 2. The second kappa shape index (κ2) is 12.8. The summed E-state index contributed by atoms with van der Waals surface area (Å²) >= 11 is 0. The lowest BCUT2D eigenvalue weighted by atomic mass is 10.4. The zero-order chi connectivity index (χ0) is 16.8. The third kappa shape index (κ3) is 7.78. The molecule has 0 spiro atoms. The second-order valence-corrected chi connectivity index (χ2v) is 3.99. The third-order valence-electron chi connectivity index (χ3n) is 2.48. The molecule has 22 heavy (non-hydrogen) atoms. The van der Waals surface area contributed by atoms with Gasteiger partial charge in [-0.15, -0.1) is 0 Å². The molecule has 1 aromatic rings. The molecule has 0 unspecified atom stereocenters. The molecule has 0 bridgehead atoms. The maximum atomic E-state index is 12.0. The average molecular weight is 313 g/mol. The summed E-state index contributed by atoms with van der Waals surface area (Å²) in [7, 11) is 0. The zero-order valence-corrected chi connectivity index (χ0v) is 13.9. The summed E-state index contributed by atoms with van der Waals surface area (Å²) in [6, 6.07) is 0. The Bertz CT molecular complexity index is 474. The fourth-order valence-corrected chi connectivity index (χ4v) is 1.56. The molecule has 7 nitrogen and oxygen atoms in total. The zero-order valence-electron chi connectivity index (χ0n) is 13.9. The lowest BCUT2D eigenvalue weighted by Crippen LogP contribution is -2.28. The molecular weight excluding hydrogens is 286 g/mol. The van der Waals surface area contributed by atoms with E-state index in [0.717, 1.165) is 6.42 Å². The first kappa shape index (κ1) is 20.1. The van der Waals surface area contributed by atoms with Gasteiger partial charge in [-0.2, -0.15) is 0 Å². The average Bonchev–Trinajstić information content (AvgIpc) is 2.53. The van der Waals surface area contributed by atoms with Gasteiger partial charge >= 0.3 is 5.97 Å². The highest BCUT2D eigenvalue weighted by atomic mass is 16.5. The van der Waals surface area contributed by atoms with E-state index in [1.165, 1.54) is 17.0 Å². The van der Waals surface area contributed by atoms with E-state index in [2.05, 4.69) is 10.3 Å². The normalized spacial score (nSPS) is 9.64. The van der Waals surface area contributed by atoms with Gasteiger partial charge in [0.2, 0.25) is 0 Å². The van der Waals surface area contributed by atoms with Crippen LogP contribution in [0.1, 0.15) is 34.1 Å². The van der Waals surface area contributed by atoms with E-state index < -0.39 is 5.97 Å². The Balaban J connectivity index is 0.00000211. The van der Waals surface area contributed by atoms with Crippen LogP contribution in [0.4, 0.5) is 5.82 Å². The smallest absolute Gasteiger partial charge is 0.326 e. The number of nitrogens with zero attached hydrogens (tertiary/aromatic N) is 2. The number of anilines is 1. The molecule has 1 heterocycles. The molecule has 0 fully saturated rings. The molecular formula is C15H27N3O4. The second-order valence-electron chi connectivity index (χ2n) is 3.99. The number of hydrogen-bond acceptors (Lipinski definition) is 6. The Kier molecular flexibility index (Phi) is 11.7. The van der Waals surface area contributed by atoms with Crippen LogP contribution in [0.25, 0.3) is 0 Å². The Morgan fingerprint density at radius 1 is 1.32 bits per heavy atom. The predicted octanol–water partition coefficient (Wildman–Crippen LogP) is 1.67. The molecule has 1 aromatic heterocycles. The maximum absolute atomic E-state index is 12.0. The van der Waals surface area contributed by atoms with Crippen LogP contribution in [0.3, 0.4) is 0 Å². The van der Waals surface area contributed by atoms with Crippen molar-refractivity contribution in [2.45, 2.75) is 40.7 Å². The van der Waals surface area contributed by atoms with Gasteiger partial charge in [-0.1, -0.05) is 13.8 Å². The number of carbonyl (C=O) groups excluding carboxylic acids is 1. The highest BCUT2D eigenvalue weighted by molar-refractivity contribution is 5.69. The predicted molar refractivity (Wildman–Crippen MR) is 86.1 cm³/mol. The molecule has 0 radical (unpaired) electrons. The molecule has 0 amide bonds. The SMILES string of the molecule is CC.CCOCCCNc1nccn(CC(=O)OCC)c1=O. The molecule has 7 heteroatoms. The molecule has 0 aromatic carbocycles.